The summed E-state index contributed by atoms with van der Waals surface area (Å²) >= 11 is 9.50. The van der Waals surface area contributed by atoms with Crippen molar-refractivity contribution in [2.24, 2.45) is 11.1 Å². The number of carbonyl (C=O) groups is 1. The number of benzene rings is 1. The van der Waals surface area contributed by atoms with Crippen molar-refractivity contribution < 1.29 is 9.53 Å². The molecule has 2 rings (SSSR count). The lowest BCUT2D eigenvalue weighted by Gasteiger charge is -2.34. The third-order valence-electron chi connectivity index (χ3n) is 3.78. The molecule has 21 heavy (non-hydrogen) atoms. The molecule has 1 aliphatic heterocycles. The molecular weight excluding hydrogens is 379 g/mol. The predicted octanol–water partition coefficient (Wildman–Crippen LogP) is 2.90. The zero-order chi connectivity index (χ0) is 14.6. The molecule has 3 N–H and O–H groups in total. The van der Waals surface area contributed by atoms with Crippen LogP contribution >= 0.6 is 39.9 Å². The molecule has 0 aromatic heterocycles. The van der Waals surface area contributed by atoms with E-state index in [9.17, 15) is 4.79 Å². The van der Waals surface area contributed by atoms with Crippen LogP contribution in [0.1, 0.15) is 18.4 Å². The number of hydrogen-bond acceptors (Lipinski definition) is 3. The van der Waals surface area contributed by atoms with Gasteiger partial charge in [0.05, 0.1) is 5.41 Å². The van der Waals surface area contributed by atoms with Gasteiger partial charge >= 0.3 is 0 Å². The van der Waals surface area contributed by atoms with Gasteiger partial charge in [-0.2, -0.15) is 0 Å². The highest BCUT2D eigenvalue weighted by Gasteiger charge is 2.38. The summed E-state index contributed by atoms with van der Waals surface area (Å²) in [5.41, 5.74) is 6.20. The van der Waals surface area contributed by atoms with Gasteiger partial charge < -0.3 is 15.8 Å². The number of carbonyl (C=O) groups excluding carboxylic acids is 1. The van der Waals surface area contributed by atoms with E-state index in [-0.39, 0.29) is 18.3 Å². The summed E-state index contributed by atoms with van der Waals surface area (Å²) in [6, 6.07) is 5.61. The standard InChI is InChI=1S/C14H18BrClN2O2.ClH/c15-11-2-1-10(12(16)7-11)8-18-13(19)14(9-17)3-5-20-6-4-14;/h1-2,7H,3-6,8-9,17H2,(H,18,19);1H. The molecule has 0 aliphatic carbocycles. The Kier molecular flexibility index (Phi) is 7.44. The van der Waals surface area contributed by atoms with Crippen molar-refractivity contribution in [3.8, 4) is 0 Å². The van der Waals surface area contributed by atoms with Crippen molar-refractivity contribution in [2.45, 2.75) is 19.4 Å². The average Bonchev–Trinajstić information content (AvgIpc) is 2.46. The molecule has 0 saturated carbocycles. The normalized spacial score (nSPS) is 16.9. The topological polar surface area (TPSA) is 64.4 Å². The molecule has 0 bridgehead atoms. The van der Waals surface area contributed by atoms with Gasteiger partial charge in [-0.25, -0.2) is 0 Å². The van der Waals surface area contributed by atoms with Crippen molar-refractivity contribution in [3.63, 3.8) is 0 Å². The van der Waals surface area contributed by atoms with Crippen molar-refractivity contribution in [1.82, 2.24) is 5.32 Å². The SMILES string of the molecule is Cl.NCC1(C(=O)NCc2ccc(Br)cc2Cl)CCOCC1. The van der Waals surface area contributed by atoms with Gasteiger partial charge in [0.15, 0.2) is 0 Å². The summed E-state index contributed by atoms with van der Waals surface area (Å²) in [5, 5.41) is 3.58. The van der Waals surface area contributed by atoms with Crippen molar-refractivity contribution >= 4 is 45.8 Å². The molecule has 0 radical (unpaired) electrons. The maximum atomic E-state index is 12.4. The van der Waals surface area contributed by atoms with Crippen LogP contribution in [0.5, 0.6) is 0 Å². The second-order valence-corrected chi connectivity index (χ2v) is 6.34. The molecule has 1 amide bonds. The molecule has 1 aromatic rings. The fourth-order valence-corrected chi connectivity index (χ4v) is 3.05. The van der Waals surface area contributed by atoms with Gasteiger partial charge in [0.2, 0.25) is 5.91 Å². The molecular formula is C14H19BrCl2N2O2. The fourth-order valence-electron chi connectivity index (χ4n) is 2.31. The Morgan fingerprint density at radius 1 is 1.43 bits per heavy atom. The zero-order valence-corrected chi connectivity index (χ0v) is 14.7. The lowest BCUT2D eigenvalue weighted by Crippen LogP contribution is -2.49. The average molecular weight is 398 g/mol. The van der Waals surface area contributed by atoms with Gasteiger partial charge in [-0.15, -0.1) is 12.4 Å². The first-order valence-electron chi connectivity index (χ1n) is 6.57. The van der Waals surface area contributed by atoms with E-state index in [1.807, 2.05) is 18.2 Å². The largest absolute Gasteiger partial charge is 0.381 e. The Morgan fingerprint density at radius 2 is 2.10 bits per heavy atom. The van der Waals surface area contributed by atoms with Gasteiger partial charge in [0.25, 0.3) is 0 Å². The third-order valence-corrected chi connectivity index (χ3v) is 4.62. The van der Waals surface area contributed by atoms with Gasteiger partial charge in [-0.05, 0) is 30.5 Å². The number of rotatable bonds is 4. The summed E-state index contributed by atoms with van der Waals surface area (Å²) in [7, 11) is 0. The van der Waals surface area contributed by atoms with Crippen LogP contribution < -0.4 is 11.1 Å². The van der Waals surface area contributed by atoms with Crippen LogP contribution in [0.15, 0.2) is 22.7 Å². The monoisotopic (exact) mass is 396 g/mol. The van der Waals surface area contributed by atoms with Gasteiger partial charge in [0.1, 0.15) is 0 Å². The predicted molar refractivity (Wildman–Crippen MR) is 89.8 cm³/mol. The number of nitrogens with one attached hydrogen (secondary N) is 1. The van der Waals surface area contributed by atoms with Crippen LogP contribution in [-0.4, -0.2) is 25.7 Å². The van der Waals surface area contributed by atoms with E-state index in [4.69, 9.17) is 22.1 Å². The summed E-state index contributed by atoms with van der Waals surface area (Å²) in [6.45, 7) is 1.93. The number of ether oxygens (including phenoxy) is 1. The minimum Gasteiger partial charge on any atom is -0.381 e. The molecule has 1 aliphatic rings. The van der Waals surface area contributed by atoms with Gasteiger partial charge in [0, 0.05) is 35.8 Å². The van der Waals surface area contributed by atoms with Crippen LogP contribution in [0.2, 0.25) is 5.02 Å². The first-order chi connectivity index (χ1) is 9.57. The van der Waals surface area contributed by atoms with E-state index in [0.29, 0.717) is 44.2 Å². The Hall–Kier alpha value is -0.330. The van der Waals surface area contributed by atoms with E-state index in [1.54, 1.807) is 0 Å². The minimum atomic E-state index is -0.500. The molecule has 1 fully saturated rings. The Balaban J connectivity index is 0.00000220. The van der Waals surface area contributed by atoms with E-state index < -0.39 is 5.41 Å². The quantitative estimate of drug-likeness (QED) is 0.820. The molecule has 7 heteroatoms. The van der Waals surface area contributed by atoms with Crippen molar-refractivity contribution in [3.05, 3.63) is 33.3 Å². The first kappa shape index (κ1) is 18.7. The van der Waals surface area contributed by atoms with Crippen molar-refractivity contribution in [1.29, 1.82) is 0 Å². The summed E-state index contributed by atoms with van der Waals surface area (Å²) in [4.78, 5) is 12.4. The number of nitrogens with two attached hydrogens (primary N) is 1. The lowest BCUT2D eigenvalue weighted by atomic mass is 9.79. The molecule has 118 valence electrons. The molecule has 1 heterocycles. The zero-order valence-electron chi connectivity index (χ0n) is 11.5. The van der Waals surface area contributed by atoms with E-state index in [2.05, 4.69) is 21.2 Å². The summed E-state index contributed by atoms with van der Waals surface area (Å²) in [6.07, 6.45) is 1.34. The number of halogens is 3. The lowest BCUT2D eigenvalue weighted by molar-refractivity contribution is -0.136. The van der Waals surface area contributed by atoms with Crippen LogP contribution in [0, 0.1) is 5.41 Å². The summed E-state index contributed by atoms with van der Waals surface area (Å²) in [5.74, 6) is -0.0118. The van der Waals surface area contributed by atoms with Crippen LogP contribution in [-0.2, 0) is 16.1 Å². The molecule has 0 atom stereocenters. The van der Waals surface area contributed by atoms with Crippen LogP contribution in [0.4, 0.5) is 0 Å². The second kappa shape index (κ2) is 8.34. The maximum absolute atomic E-state index is 12.4. The Labute approximate surface area is 144 Å². The maximum Gasteiger partial charge on any atom is 0.227 e. The third kappa shape index (κ3) is 4.57. The molecule has 1 saturated heterocycles. The number of amides is 1. The molecule has 1 aromatic carbocycles. The van der Waals surface area contributed by atoms with E-state index >= 15 is 0 Å². The molecule has 4 nitrogen and oxygen atoms in total. The Morgan fingerprint density at radius 3 is 2.67 bits per heavy atom. The second-order valence-electron chi connectivity index (χ2n) is 5.02. The van der Waals surface area contributed by atoms with Crippen molar-refractivity contribution in [2.75, 3.05) is 19.8 Å². The summed E-state index contributed by atoms with van der Waals surface area (Å²) < 4.78 is 6.23. The fraction of sp³-hybridized carbons (Fsp3) is 0.500. The van der Waals surface area contributed by atoms with Gasteiger partial charge in [-0.1, -0.05) is 33.6 Å². The first-order valence-corrected chi connectivity index (χ1v) is 7.74. The Bertz CT molecular complexity index is 494. The van der Waals surface area contributed by atoms with E-state index in [0.717, 1.165) is 10.0 Å². The highest BCUT2D eigenvalue weighted by atomic mass is 79.9. The van der Waals surface area contributed by atoms with Gasteiger partial charge in [-0.3, -0.25) is 4.79 Å². The van der Waals surface area contributed by atoms with Crippen LogP contribution in [0.25, 0.3) is 0 Å². The minimum absolute atomic E-state index is 0. The van der Waals surface area contributed by atoms with Crippen LogP contribution in [0.3, 0.4) is 0 Å². The molecule has 0 unspecified atom stereocenters. The smallest absolute Gasteiger partial charge is 0.227 e. The highest BCUT2D eigenvalue weighted by molar-refractivity contribution is 9.10. The molecule has 0 spiro atoms. The van der Waals surface area contributed by atoms with E-state index in [1.165, 1.54) is 0 Å². The number of hydrogen-bond donors (Lipinski definition) is 2. The highest BCUT2D eigenvalue weighted by Crippen LogP contribution is 2.30.